The van der Waals surface area contributed by atoms with Gasteiger partial charge >= 0.3 is 0 Å². The molecule has 2 rings (SSSR count). The number of sulfonamides is 1. The number of hydrogen-bond acceptors (Lipinski definition) is 4. The van der Waals surface area contributed by atoms with Crippen LogP contribution in [0.25, 0.3) is 0 Å². The van der Waals surface area contributed by atoms with Gasteiger partial charge in [-0.25, -0.2) is 13.6 Å². The van der Waals surface area contributed by atoms with Gasteiger partial charge in [0, 0.05) is 17.8 Å². The molecule has 110 valence electrons. The van der Waals surface area contributed by atoms with E-state index in [0.717, 1.165) is 5.56 Å². The second-order valence-corrected chi connectivity index (χ2v) is 5.99. The fourth-order valence-corrected chi connectivity index (χ4v) is 2.35. The zero-order valence-corrected chi connectivity index (χ0v) is 11.9. The van der Waals surface area contributed by atoms with Gasteiger partial charge in [-0.2, -0.15) is 0 Å². The van der Waals surface area contributed by atoms with E-state index < -0.39 is 10.0 Å². The molecule has 2 aromatic rings. The zero-order chi connectivity index (χ0) is 15.5. The Morgan fingerprint density at radius 3 is 2.48 bits per heavy atom. The van der Waals surface area contributed by atoms with E-state index in [9.17, 15) is 13.2 Å². The van der Waals surface area contributed by atoms with Crippen molar-refractivity contribution in [3.63, 3.8) is 0 Å². The molecule has 0 radical (unpaired) electrons. The third-order valence-corrected chi connectivity index (χ3v) is 3.76. The number of primary sulfonamides is 1. The van der Waals surface area contributed by atoms with Crippen LogP contribution in [0.5, 0.6) is 0 Å². The first-order valence-corrected chi connectivity index (χ1v) is 7.68. The Hall–Kier alpha value is -2.22. The van der Waals surface area contributed by atoms with Gasteiger partial charge in [0.15, 0.2) is 0 Å². The molecule has 0 saturated heterocycles. The van der Waals surface area contributed by atoms with Gasteiger partial charge in [0.1, 0.15) is 0 Å². The van der Waals surface area contributed by atoms with Gasteiger partial charge in [0.05, 0.1) is 4.90 Å². The minimum atomic E-state index is -3.80. The minimum Gasteiger partial charge on any atom is -0.326 e. The van der Waals surface area contributed by atoms with Gasteiger partial charge in [-0.15, -0.1) is 0 Å². The van der Waals surface area contributed by atoms with Crippen LogP contribution in [-0.2, 0) is 16.6 Å². The van der Waals surface area contributed by atoms with Crippen LogP contribution in [0, 0.1) is 0 Å². The van der Waals surface area contributed by atoms with Gasteiger partial charge in [-0.3, -0.25) is 4.79 Å². The van der Waals surface area contributed by atoms with E-state index in [-0.39, 0.29) is 10.8 Å². The molecule has 0 aliphatic carbocycles. The van der Waals surface area contributed by atoms with Crippen LogP contribution in [0.1, 0.15) is 15.9 Å². The molecule has 6 nitrogen and oxygen atoms in total. The molecule has 0 unspecified atom stereocenters. The number of benzene rings is 2. The SMILES string of the molecule is NCc1cccc(C(=O)Nc2cccc(S(N)(=O)=O)c2)c1. The van der Waals surface area contributed by atoms with Crippen molar-refractivity contribution >= 4 is 21.6 Å². The summed E-state index contributed by atoms with van der Waals surface area (Å²) in [6.07, 6.45) is 0. The monoisotopic (exact) mass is 305 g/mol. The summed E-state index contributed by atoms with van der Waals surface area (Å²) in [6, 6.07) is 12.6. The number of hydrogen-bond donors (Lipinski definition) is 3. The molecule has 1 amide bonds. The number of nitrogens with two attached hydrogens (primary N) is 2. The van der Waals surface area contributed by atoms with E-state index in [1.807, 2.05) is 6.07 Å². The van der Waals surface area contributed by atoms with E-state index in [1.165, 1.54) is 18.2 Å². The third-order valence-electron chi connectivity index (χ3n) is 2.85. The predicted molar refractivity (Wildman–Crippen MR) is 80.1 cm³/mol. The molecule has 0 aliphatic rings. The summed E-state index contributed by atoms with van der Waals surface area (Å²) < 4.78 is 22.6. The molecule has 0 atom stereocenters. The van der Waals surface area contributed by atoms with Crippen molar-refractivity contribution in [2.45, 2.75) is 11.4 Å². The highest BCUT2D eigenvalue weighted by Crippen LogP contribution is 2.15. The molecule has 0 bridgehead atoms. The Kier molecular flexibility index (Phi) is 4.37. The van der Waals surface area contributed by atoms with E-state index in [1.54, 1.807) is 24.3 Å². The van der Waals surface area contributed by atoms with Crippen LogP contribution >= 0.6 is 0 Å². The van der Waals surface area contributed by atoms with E-state index in [4.69, 9.17) is 10.9 Å². The normalized spacial score (nSPS) is 11.1. The molecule has 0 fully saturated rings. The lowest BCUT2D eigenvalue weighted by Gasteiger charge is -2.07. The standard InChI is InChI=1S/C14H15N3O3S/c15-9-10-3-1-4-11(7-10)14(18)17-12-5-2-6-13(8-12)21(16,19)20/h1-8H,9,15H2,(H,17,18)(H2,16,19,20). The number of carbonyl (C=O) groups excluding carboxylic acids is 1. The summed E-state index contributed by atoms with van der Waals surface area (Å²) in [5.41, 5.74) is 7.16. The Morgan fingerprint density at radius 2 is 1.81 bits per heavy atom. The third kappa shape index (κ3) is 3.88. The largest absolute Gasteiger partial charge is 0.326 e. The van der Waals surface area contributed by atoms with Crippen LogP contribution in [0.4, 0.5) is 5.69 Å². The molecule has 0 saturated carbocycles. The van der Waals surface area contributed by atoms with Crippen LogP contribution < -0.4 is 16.2 Å². The maximum atomic E-state index is 12.1. The van der Waals surface area contributed by atoms with E-state index >= 15 is 0 Å². The van der Waals surface area contributed by atoms with Crippen LogP contribution in [0.2, 0.25) is 0 Å². The molecular formula is C14H15N3O3S. The Balaban J connectivity index is 2.23. The number of anilines is 1. The minimum absolute atomic E-state index is 0.0593. The van der Waals surface area contributed by atoms with Crippen molar-refractivity contribution in [2.24, 2.45) is 10.9 Å². The number of carbonyl (C=O) groups is 1. The average Bonchev–Trinajstić information content (AvgIpc) is 2.46. The summed E-state index contributed by atoms with van der Waals surface area (Å²) >= 11 is 0. The predicted octanol–water partition coefficient (Wildman–Crippen LogP) is 1.05. The van der Waals surface area contributed by atoms with Gasteiger partial charge in [-0.05, 0) is 35.9 Å². The zero-order valence-electron chi connectivity index (χ0n) is 11.1. The molecule has 21 heavy (non-hydrogen) atoms. The maximum absolute atomic E-state index is 12.1. The first-order valence-electron chi connectivity index (χ1n) is 6.13. The fraction of sp³-hybridized carbons (Fsp3) is 0.0714. The summed E-state index contributed by atoms with van der Waals surface area (Å²) in [7, 11) is -3.80. The Morgan fingerprint density at radius 1 is 1.10 bits per heavy atom. The fourth-order valence-electron chi connectivity index (χ4n) is 1.79. The maximum Gasteiger partial charge on any atom is 0.255 e. The number of nitrogens with one attached hydrogen (secondary N) is 1. The summed E-state index contributed by atoms with van der Waals surface area (Å²) in [6.45, 7) is 0.335. The second-order valence-electron chi connectivity index (χ2n) is 4.43. The van der Waals surface area contributed by atoms with Crippen molar-refractivity contribution < 1.29 is 13.2 Å². The Bertz CT molecular complexity index is 773. The number of rotatable bonds is 4. The van der Waals surface area contributed by atoms with Crippen molar-refractivity contribution in [1.82, 2.24) is 0 Å². The first kappa shape index (κ1) is 15.2. The van der Waals surface area contributed by atoms with Gasteiger partial charge < -0.3 is 11.1 Å². The van der Waals surface area contributed by atoms with Crippen molar-refractivity contribution in [2.75, 3.05) is 5.32 Å². The molecule has 7 heteroatoms. The molecule has 0 aliphatic heterocycles. The van der Waals surface area contributed by atoms with E-state index in [2.05, 4.69) is 5.32 Å². The van der Waals surface area contributed by atoms with Crippen LogP contribution in [-0.4, -0.2) is 14.3 Å². The van der Waals surface area contributed by atoms with Crippen molar-refractivity contribution in [1.29, 1.82) is 0 Å². The number of amides is 1. The highest BCUT2D eigenvalue weighted by molar-refractivity contribution is 7.89. The molecule has 0 spiro atoms. The highest BCUT2D eigenvalue weighted by atomic mass is 32.2. The van der Waals surface area contributed by atoms with Gasteiger partial charge in [0.2, 0.25) is 10.0 Å². The quantitative estimate of drug-likeness (QED) is 0.782. The smallest absolute Gasteiger partial charge is 0.255 e. The average molecular weight is 305 g/mol. The molecule has 5 N–H and O–H groups in total. The summed E-state index contributed by atoms with van der Waals surface area (Å²) in [5, 5.41) is 7.67. The van der Waals surface area contributed by atoms with Crippen LogP contribution in [0.3, 0.4) is 0 Å². The van der Waals surface area contributed by atoms with E-state index in [0.29, 0.717) is 17.8 Å². The van der Waals surface area contributed by atoms with Crippen molar-refractivity contribution in [3.8, 4) is 0 Å². The van der Waals surface area contributed by atoms with Crippen molar-refractivity contribution in [3.05, 3.63) is 59.7 Å². The lowest BCUT2D eigenvalue weighted by atomic mass is 10.1. The second kappa shape index (κ2) is 6.04. The summed E-state index contributed by atoms with van der Waals surface area (Å²) in [4.78, 5) is 12.1. The first-order chi connectivity index (χ1) is 9.90. The molecule has 0 heterocycles. The topological polar surface area (TPSA) is 115 Å². The Labute approximate surface area is 122 Å². The lowest BCUT2D eigenvalue weighted by Crippen LogP contribution is -2.15. The van der Waals surface area contributed by atoms with Crippen LogP contribution in [0.15, 0.2) is 53.4 Å². The van der Waals surface area contributed by atoms with Gasteiger partial charge in [0.25, 0.3) is 5.91 Å². The highest BCUT2D eigenvalue weighted by Gasteiger charge is 2.10. The summed E-state index contributed by atoms with van der Waals surface area (Å²) in [5.74, 6) is -0.350. The van der Waals surface area contributed by atoms with Gasteiger partial charge in [-0.1, -0.05) is 18.2 Å². The molecule has 2 aromatic carbocycles. The lowest BCUT2D eigenvalue weighted by molar-refractivity contribution is 0.102. The molecule has 0 aromatic heterocycles. The molecular weight excluding hydrogens is 290 g/mol.